The van der Waals surface area contributed by atoms with Gasteiger partial charge in [0.25, 0.3) is 0 Å². The minimum absolute atomic E-state index is 0.110. The fourth-order valence-electron chi connectivity index (χ4n) is 1.06. The number of hydrogen-bond acceptors (Lipinski definition) is 2. The van der Waals surface area contributed by atoms with Crippen LogP contribution in [0.2, 0.25) is 5.02 Å². The third-order valence-corrected chi connectivity index (χ3v) is 2.15. The predicted molar refractivity (Wildman–Crippen MR) is 50.9 cm³/mol. The molecule has 1 aromatic rings. The molecule has 6 heteroatoms. The van der Waals surface area contributed by atoms with E-state index < -0.39 is 23.2 Å². The fourth-order valence-corrected chi connectivity index (χ4v) is 1.27. The van der Waals surface area contributed by atoms with Gasteiger partial charge in [-0.15, -0.1) is 0 Å². The number of carbonyl (C=O) groups excluding carboxylic acids is 1. The Morgan fingerprint density at radius 3 is 2.33 bits per heavy atom. The van der Waals surface area contributed by atoms with Crippen molar-refractivity contribution in [3.8, 4) is 0 Å². The molecule has 0 aliphatic rings. The molecule has 0 amide bonds. The van der Waals surface area contributed by atoms with Crippen LogP contribution in [-0.4, -0.2) is 5.78 Å². The minimum Gasteiger partial charge on any atom is -0.397 e. The molecule has 0 aliphatic heterocycles. The lowest BCUT2D eigenvalue weighted by molar-refractivity contribution is -0.136. The SMILES string of the molecule is CC(=O)c1cc(Cl)c(N)c(C(F)(F)F)c1. The first-order valence-electron chi connectivity index (χ1n) is 3.90. The largest absolute Gasteiger partial charge is 0.418 e. The molecule has 0 fully saturated rings. The second kappa shape index (κ2) is 3.73. The molecule has 0 bridgehead atoms. The van der Waals surface area contributed by atoms with Gasteiger partial charge in [-0.1, -0.05) is 11.6 Å². The summed E-state index contributed by atoms with van der Waals surface area (Å²) < 4.78 is 37.3. The van der Waals surface area contributed by atoms with Gasteiger partial charge in [0, 0.05) is 5.56 Å². The number of anilines is 1. The Balaban J connectivity index is 3.45. The van der Waals surface area contributed by atoms with Crippen molar-refractivity contribution in [3.63, 3.8) is 0 Å². The lowest BCUT2D eigenvalue weighted by atomic mass is 10.1. The van der Waals surface area contributed by atoms with E-state index in [2.05, 4.69) is 0 Å². The van der Waals surface area contributed by atoms with Gasteiger partial charge in [-0.25, -0.2) is 0 Å². The Labute approximate surface area is 88.8 Å². The van der Waals surface area contributed by atoms with Crippen LogP contribution in [0.3, 0.4) is 0 Å². The number of hydrogen-bond donors (Lipinski definition) is 1. The van der Waals surface area contributed by atoms with E-state index in [0.29, 0.717) is 6.07 Å². The molecule has 0 heterocycles. The quantitative estimate of drug-likeness (QED) is 0.602. The van der Waals surface area contributed by atoms with Crippen LogP contribution in [0.4, 0.5) is 18.9 Å². The molecular formula is C9H7ClF3NO. The van der Waals surface area contributed by atoms with Crippen LogP contribution in [0.5, 0.6) is 0 Å². The number of benzene rings is 1. The molecule has 0 spiro atoms. The summed E-state index contributed by atoms with van der Waals surface area (Å²) in [6.45, 7) is 1.15. The molecule has 15 heavy (non-hydrogen) atoms. The molecule has 0 saturated carbocycles. The van der Waals surface area contributed by atoms with E-state index in [9.17, 15) is 18.0 Å². The van der Waals surface area contributed by atoms with Crippen molar-refractivity contribution in [3.05, 3.63) is 28.3 Å². The monoisotopic (exact) mass is 237 g/mol. The average Bonchev–Trinajstić information content (AvgIpc) is 2.06. The van der Waals surface area contributed by atoms with Gasteiger partial charge in [-0.05, 0) is 19.1 Å². The zero-order valence-corrected chi connectivity index (χ0v) is 8.41. The van der Waals surface area contributed by atoms with Crippen molar-refractivity contribution >= 4 is 23.1 Å². The average molecular weight is 238 g/mol. The van der Waals surface area contributed by atoms with Gasteiger partial charge >= 0.3 is 6.18 Å². The van der Waals surface area contributed by atoms with Crippen molar-refractivity contribution in [2.45, 2.75) is 13.1 Å². The standard InChI is InChI=1S/C9H7ClF3NO/c1-4(15)5-2-6(9(11,12)13)8(14)7(10)3-5/h2-3H,14H2,1H3. The molecule has 2 N–H and O–H groups in total. The van der Waals surface area contributed by atoms with Crippen molar-refractivity contribution in [1.82, 2.24) is 0 Å². The zero-order chi connectivity index (χ0) is 11.8. The lowest BCUT2D eigenvalue weighted by Crippen LogP contribution is -2.11. The summed E-state index contributed by atoms with van der Waals surface area (Å²) in [7, 11) is 0. The highest BCUT2D eigenvalue weighted by Gasteiger charge is 2.34. The van der Waals surface area contributed by atoms with Crippen LogP contribution in [0, 0.1) is 0 Å². The van der Waals surface area contributed by atoms with Crippen LogP contribution in [-0.2, 0) is 6.18 Å². The molecular weight excluding hydrogens is 231 g/mol. The van der Waals surface area contributed by atoms with E-state index in [1.807, 2.05) is 0 Å². The number of Topliss-reactive ketones (excluding diaryl/α,β-unsaturated/α-hetero) is 1. The van der Waals surface area contributed by atoms with Gasteiger partial charge in [-0.2, -0.15) is 13.2 Å². The maximum atomic E-state index is 12.4. The van der Waals surface area contributed by atoms with E-state index in [0.717, 1.165) is 13.0 Å². The summed E-state index contributed by atoms with van der Waals surface area (Å²) >= 11 is 5.49. The summed E-state index contributed by atoms with van der Waals surface area (Å²) in [4.78, 5) is 10.9. The summed E-state index contributed by atoms with van der Waals surface area (Å²) in [5.74, 6) is -0.498. The van der Waals surface area contributed by atoms with E-state index in [4.69, 9.17) is 17.3 Å². The van der Waals surface area contributed by atoms with Crippen molar-refractivity contribution in [2.24, 2.45) is 0 Å². The second-order valence-corrected chi connectivity index (χ2v) is 3.38. The number of ketones is 1. The Morgan fingerprint density at radius 2 is 1.93 bits per heavy atom. The van der Waals surface area contributed by atoms with E-state index in [-0.39, 0.29) is 10.6 Å². The van der Waals surface area contributed by atoms with Crippen molar-refractivity contribution < 1.29 is 18.0 Å². The molecule has 0 radical (unpaired) electrons. The highest BCUT2D eigenvalue weighted by atomic mass is 35.5. The lowest BCUT2D eigenvalue weighted by Gasteiger charge is -2.12. The molecule has 82 valence electrons. The molecule has 0 atom stereocenters. The maximum Gasteiger partial charge on any atom is 0.418 e. The predicted octanol–water partition coefficient (Wildman–Crippen LogP) is 3.14. The zero-order valence-electron chi connectivity index (χ0n) is 7.65. The summed E-state index contributed by atoms with van der Waals surface area (Å²) in [6, 6.07) is 1.82. The van der Waals surface area contributed by atoms with Crippen LogP contribution in [0.1, 0.15) is 22.8 Å². The Bertz CT molecular complexity index is 415. The first-order chi connectivity index (χ1) is 6.73. The Morgan fingerprint density at radius 1 is 1.40 bits per heavy atom. The highest BCUT2D eigenvalue weighted by molar-refractivity contribution is 6.33. The van der Waals surface area contributed by atoms with Crippen LogP contribution in [0.15, 0.2) is 12.1 Å². The Hall–Kier alpha value is -1.23. The van der Waals surface area contributed by atoms with Gasteiger partial charge in [0.15, 0.2) is 5.78 Å². The summed E-state index contributed by atoms with van der Waals surface area (Å²) in [5, 5.41) is -0.268. The second-order valence-electron chi connectivity index (χ2n) is 2.97. The van der Waals surface area contributed by atoms with Crippen LogP contribution in [0.25, 0.3) is 0 Å². The topological polar surface area (TPSA) is 43.1 Å². The Kier molecular flexibility index (Phi) is 2.95. The number of nitrogens with two attached hydrogens (primary N) is 1. The van der Waals surface area contributed by atoms with Gasteiger partial charge in [-0.3, -0.25) is 4.79 Å². The normalized spacial score (nSPS) is 11.5. The first-order valence-corrected chi connectivity index (χ1v) is 4.28. The van der Waals surface area contributed by atoms with Crippen molar-refractivity contribution in [1.29, 1.82) is 0 Å². The van der Waals surface area contributed by atoms with E-state index >= 15 is 0 Å². The fraction of sp³-hybridized carbons (Fsp3) is 0.222. The third-order valence-electron chi connectivity index (χ3n) is 1.84. The van der Waals surface area contributed by atoms with Gasteiger partial charge in [0.1, 0.15) is 0 Å². The summed E-state index contributed by atoms with van der Waals surface area (Å²) in [6.07, 6.45) is -4.61. The molecule has 0 unspecified atom stereocenters. The summed E-state index contributed by atoms with van der Waals surface area (Å²) in [5.41, 5.74) is 3.42. The number of rotatable bonds is 1. The number of nitrogen functional groups attached to an aromatic ring is 1. The van der Waals surface area contributed by atoms with Crippen LogP contribution >= 0.6 is 11.6 Å². The van der Waals surface area contributed by atoms with Crippen LogP contribution < -0.4 is 5.73 Å². The molecule has 2 nitrogen and oxygen atoms in total. The van der Waals surface area contributed by atoms with Gasteiger partial charge in [0.05, 0.1) is 16.3 Å². The highest BCUT2D eigenvalue weighted by Crippen LogP contribution is 2.37. The first kappa shape index (κ1) is 11.8. The molecule has 0 saturated heterocycles. The van der Waals surface area contributed by atoms with Gasteiger partial charge in [0.2, 0.25) is 0 Å². The number of alkyl halides is 3. The van der Waals surface area contributed by atoms with E-state index in [1.165, 1.54) is 0 Å². The number of halogens is 4. The molecule has 1 rings (SSSR count). The molecule has 0 aromatic heterocycles. The maximum absolute atomic E-state index is 12.4. The minimum atomic E-state index is -4.61. The number of carbonyl (C=O) groups is 1. The smallest absolute Gasteiger partial charge is 0.397 e. The molecule has 0 aliphatic carbocycles. The third kappa shape index (κ3) is 2.41. The van der Waals surface area contributed by atoms with Crippen molar-refractivity contribution in [2.75, 3.05) is 5.73 Å². The van der Waals surface area contributed by atoms with E-state index in [1.54, 1.807) is 0 Å². The van der Waals surface area contributed by atoms with Gasteiger partial charge < -0.3 is 5.73 Å². The molecule has 1 aromatic carbocycles.